The Morgan fingerprint density at radius 2 is 1.79 bits per heavy atom. The summed E-state index contributed by atoms with van der Waals surface area (Å²) in [7, 11) is 0. The minimum absolute atomic E-state index is 0.141. The van der Waals surface area contributed by atoms with E-state index >= 15 is 0 Å². The quantitative estimate of drug-likeness (QED) is 0.571. The topological polar surface area (TPSA) is 58.8 Å². The van der Waals surface area contributed by atoms with Gasteiger partial charge in [-0.25, -0.2) is 0 Å². The van der Waals surface area contributed by atoms with Crippen LogP contribution in [0.25, 0.3) is 0 Å². The molecule has 1 saturated heterocycles. The second-order valence-electron chi connectivity index (χ2n) is 4.83. The molecule has 6 heteroatoms. The molecular weight excluding hydrogens is 262 g/mol. The highest BCUT2D eigenvalue weighted by molar-refractivity contribution is 7.80. The molecule has 1 fully saturated rings. The van der Waals surface area contributed by atoms with E-state index in [1.54, 1.807) is 0 Å². The third-order valence-electron chi connectivity index (χ3n) is 3.68. The van der Waals surface area contributed by atoms with Gasteiger partial charge in [-0.3, -0.25) is 14.6 Å². The van der Waals surface area contributed by atoms with E-state index < -0.39 is 0 Å². The lowest BCUT2D eigenvalue weighted by Gasteiger charge is -2.40. The van der Waals surface area contributed by atoms with Crippen LogP contribution in [0.2, 0.25) is 0 Å². The second-order valence-corrected chi connectivity index (χ2v) is 5.30. The van der Waals surface area contributed by atoms with Crippen LogP contribution in [0.4, 0.5) is 0 Å². The molecule has 0 aromatic rings. The van der Waals surface area contributed by atoms with E-state index in [-0.39, 0.29) is 18.1 Å². The largest absolute Gasteiger partial charge is 0.465 e. The fraction of sp³-hybridized carbons (Fsp3) is 0.846. The predicted molar refractivity (Wildman–Crippen MR) is 80.1 cm³/mol. The van der Waals surface area contributed by atoms with Crippen LogP contribution in [0.1, 0.15) is 27.2 Å². The first-order valence-corrected chi connectivity index (χ1v) is 7.36. The van der Waals surface area contributed by atoms with Gasteiger partial charge in [-0.2, -0.15) is 0 Å². The highest BCUT2D eigenvalue weighted by Crippen LogP contribution is 2.12. The van der Waals surface area contributed by atoms with E-state index in [1.807, 2.05) is 13.8 Å². The number of carbonyl (C=O) groups excluding carboxylic acids is 1. The van der Waals surface area contributed by atoms with E-state index in [0.29, 0.717) is 11.6 Å². The Bertz CT molecular complexity index is 317. The van der Waals surface area contributed by atoms with Gasteiger partial charge in [0.15, 0.2) is 0 Å². The van der Waals surface area contributed by atoms with Gasteiger partial charge in [0, 0.05) is 26.2 Å². The van der Waals surface area contributed by atoms with Crippen molar-refractivity contribution in [1.29, 1.82) is 0 Å². The van der Waals surface area contributed by atoms with Gasteiger partial charge in [0.25, 0.3) is 0 Å². The SMILES string of the molecule is CCOC(=O)C(C)N1CCN(C(CC)C(N)=S)CC1. The zero-order valence-electron chi connectivity index (χ0n) is 12.1. The van der Waals surface area contributed by atoms with E-state index in [1.165, 1.54) is 0 Å². The maximum atomic E-state index is 11.7. The van der Waals surface area contributed by atoms with Crippen molar-refractivity contribution < 1.29 is 9.53 Å². The molecule has 0 aromatic carbocycles. The third-order valence-corrected chi connectivity index (χ3v) is 3.95. The molecule has 0 saturated carbocycles. The summed E-state index contributed by atoms with van der Waals surface area (Å²) < 4.78 is 5.06. The number of piperazine rings is 1. The van der Waals surface area contributed by atoms with Crippen molar-refractivity contribution in [1.82, 2.24) is 9.80 Å². The minimum atomic E-state index is -0.174. The maximum Gasteiger partial charge on any atom is 0.323 e. The van der Waals surface area contributed by atoms with Crippen molar-refractivity contribution in [2.24, 2.45) is 5.73 Å². The molecule has 110 valence electrons. The van der Waals surface area contributed by atoms with E-state index in [2.05, 4.69) is 16.7 Å². The average Bonchev–Trinajstić information content (AvgIpc) is 2.39. The normalized spacial score (nSPS) is 20.8. The molecule has 1 rings (SSSR count). The van der Waals surface area contributed by atoms with Gasteiger partial charge >= 0.3 is 5.97 Å². The molecule has 2 N–H and O–H groups in total. The van der Waals surface area contributed by atoms with Crippen molar-refractivity contribution in [3.05, 3.63) is 0 Å². The number of esters is 1. The molecule has 1 aliphatic heterocycles. The Morgan fingerprint density at radius 3 is 2.21 bits per heavy atom. The van der Waals surface area contributed by atoms with Crippen LogP contribution >= 0.6 is 12.2 Å². The molecule has 19 heavy (non-hydrogen) atoms. The molecule has 0 aromatic heterocycles. The lowest BCUT2D eigenvalue weighted by molar-refractivity contribution is -0.149. The van der Waals surface area contributed by atoms with E-state index in [4.69, 9.17) is 22.7 Å². The maximum absolute atomic E-state index is 11.7. The summed E-state index contributed by atoms with van der Waals surface area (Å²) in [6.07, 6.45) is 0.933. The highest BCUT2D eigenvalue weighted by atomic mass is 32.1. The molecule has 0 spiro atoms. The molecule has 1 aliphatic rings. The van der Waals surface area contributed by atoms with Crippen molar-refractivity contribution in [3.8, 4) is 0 Å². The summed E-state index contributed by atoms with van der Waals surface area (Å²) in [5, 5.41) is 0. The van der Waals surface area contributed by atoms with Gasteiger partial charge in [-0.1, -0.05) is 19.1 Å². The monoisotopic (exact) mass is 287 g/mol. The van der Waals surface area contributed by atoms with Gasteiger partial charge < -0.3 is 10.5 Å². The molecular formula is C13H25N3O2S. The molecule has 0 amide bonds. The highest BCUT2D eigenvalue weighted by Gasteiger charge is 2.29. The second kappa shape index (κ2) is 7.77. The van der Waals surface area contributed by atoms with Crippen molar-refractivity contribution in [2.75, 3.05) is 32.8 Å². The number of hydrogen-bond donors (Lipinski definition) is 1. The van der Waals surface area contributed by atoms with E-state index in [0.717, 1.165) is 32.6 Å². The zero-order valence-corrected chi connectivity index (χ0v) is 12.9. The number of ether oxygens (including phenoxy) is 1. The number of nitrogens with two attached hydrogens (primary N) is 1. The molecule has 2 unspecified atom stereocenters. The van der Waals surface area contributed by atoms with Crippen LogP contribution in [-0.2, 0) is 9.53 Å². The molecule has 0 radical (unpaired) electrons. The smallest absolute Gasteiger partial charge is 0.323 e. The fourth-order valence-corrected chi connectivity index (χ4v) is 2.80. The summed E-state index contributed by atoms with van der Waals surface area (Å²) in [6.45, 7) is 9.73. The Hall–Kier alpha value is -0.720. The summed E-state index contributed by atoms with van der Waals surface area (Å²) in [6, 6.07) is 0.00190. The fourth-order valence-electron chi connectivity index (χ4n) is 2.49. The third kappa shape index (κ3) is 4.40. The number of carbonyl (C=O) groups is 1. The Kier molecular flexibility index (Phi) is 6.68. The lowest BCUT2D eigenvalue weighted by Crippen LogP contribution is -2.56. The van der Waals surface area contributed by atoms with Gasteiger partial charge in [-0.05, 0) is 20.3 Å². The molecule has 0 bridgehead atoms. The molecule has 1 heterocycles. The van der Waals surface area contributed by atoms with Crippen molar-refractivity contribution >= 4 is 23.2 Å². The summed E-state index contributed by atoms with van der Waals surface area (Å²) in [5.74, 6) is -0.141. The van der Waals surface area contributed by atoms with Gasteiger partial charge in [0.05, 0.1) is 17.6 Å². The Morgan fingerprint density at radius 1 is 1.26 bits per heavy atom. The average molecular weight is 287 g/mol. The van der Waals surface area contributed by atoms with Crippen LogP contribution in [-0.4, -0.2) is 65.6 Å². The number of nitrogens with zero attached hydrogens (tertiary/aromatic N) is 2. The van der Waals surface area contributed by atoms with Crippen LogP contribution < -0.4 is 5.73 Å². The van der Waals surface area contributed by atoms with Crippen molar-refractivity contribution in [2.45, 2.75) is 39.3 Å². The molecule has 0 aliphatic carbocycles. The van der Waals surface area contributed by atoms with Crippen LogP contribution in [0, 0.1) is 0 Å². The minimum Gasteiger partial charge on any atom is -0.465 e. The standard InChI is InChI=1S/C13H25N3O2S/c1-4-11(12(14)19)16-8-6-15(7-9-16)10(3)13(17)18-5-2/h10-11H,4-9H2,1-3H3,(H2,14,19). The van der Waals surface area contributed by atoms with Crippen LogP contribution in [0.5, 0.6) is 0 Å². The Balaban J connectivity index is 2.48. The van der Waals surface area contributed by atoms with Gasteiger partial charge in [0.1, 0.15) is 6.04 Å². The summed E-state index contributed by atoms with van der Waals surface area (Å²) >= 11 is 5.10. The first kappa shape index (κ1) is 16.3. The predicted octanol–water partition coefficient (Wildman–Crippen LogP) is 0.620. The number of hydrogen-bond acceptors (Lipinski definition) is 5. The molecule has 2 atom stereocenters. The lowest BCUT2D eigenvalue weighted by atomic mass is 10.1. The first-order chi connectivity index (χ1) is 9.01. The summed E-state index contributed by atoms with van der Waals surface area (Å²) in [5.41, 5.74) is 5.76. The zero-order chi connectivity index (χ0) is 14.4. The van der Waals surface area contributed by atoms with E-state index in [9.17, 15) is 4.79 Å². The van der Waals surface area contributed by atoms with Gasteiger partial charge in [0.2, 0.25) is 0 Å². The number of rotatable bonds is 6. The van der Waals surface area contributed by atoms with Gasteiger partial charge in [-0.15, -0.1) is 0 Å². The number of thiocarbonyl (C=S) groups is 1. The Labute approximate surface area is 121 Å². The van der Waals surface area contributed by atoms with Crippen LogP contribution in [0.15, 0.2) is 0 Å². The van der Waals surface area contributed by atoms with Crippen LogP contribution in [0.3, 0.4) is 0 Å². The molecule has 5 nitrogen and oxygen atoms in total. The summed E-state index contributed by atoms with van der Waals surface area (Å²) in [4.78, 5) is 16.7. The first-order valence-electron chi connectivity index (χ1n) is 6.95. The van der Waals surface area contributed by atoms with Crippen molar-refractivity contribution in [3.63, 3.8) is 0 Å².